The van der Waals surface area contributed by atoms with Gasteiger partial charge in [0.25, 0.3) is 5.91 Å². The van der Waals surface area contributed by atoms with Crippen LogP contribution in [0, 0.1) is 0 Å². The van der Waals surface area contributed by atoms with Crippen molar-refractivity contribution >= 4 is 5.91 Å². The molecular weight excluding hydrogens is 276 g/mol. The van der Waals surface area contributed by atoms with Crippen LogP contribution in [0.15, 0.2) is 30.3 Å². The summed E-state index contributed by atoms with van der Waals surface area (Å²) in [6.07, 6.45) is 2.91. The van der Waals surface area contributed by atoms with Gasteiger partial charge in [-0.15, -0.1) is 0 Å². The summed E-state index contributed by atoms with van der Waals surface area (Å²) in [5.41, 5.74) is 0.807. The van der Waals surface area contributed by atoms with Crippen molar-refractivity contribution in [1.82, 2.24) is 4.90 Å². The summed E-state index contributed by atoms with van der Waals surface area (Å²) < 4.78 is 5.84. The standard InChI is InChI=1S/C18H26N2O2/c1-14-12-20(13-15(2)22-14)17-8-10-19(11-9-17)18(21)16-6-4-3-5-7-16/h3-7,14-15,17H,8-13H2,1-2H3/p+1/t14-,15+. The Balaban J connectivity index is 1.55. The molecule has 120 valence electrons. The van der Waals surface area contributed by atoms with Crippen LogP contribution in [0.4, 0.5) is 0 Å². The Kier molecular flexibility index (Phi) is 4.79. The molecule has 0 aliphatic carbocycles. The highest BCUT2D eigenvalue weighted by Gasteiger charge is 2.34. The largest absolute Gasteiger partial charge is 0.364 e. The first-order chi connectivity index (χ1) is 10.6. The minimum absolute atomic E-state index is 0.178. The van der Waals surface area contributed by atoms with E-state index in [9.17, 15) is 4.79 Å². The smallest absolute Gasteiger partial charge is 0.253 e. The normalized spacial score (nSPS) is 30.3. The van der Waals surface area contributed by atoms with E-state index in [1.165, 1.54) is 0 Å². The van der Waals surface area contributed by atoms with Crippen molar-refractivity contribution in [2.75, 3.05) is 26.2 Å². The van der Waals surface area contributed by atoms with Crippen LogP contribution >= 0.6 is 0 Å². The molecule has 3 atom stereocenters. The fourth-order valence-corrected chi connectivity index (χ4v) is 3.90. The highest BCUT2D eigenvalue weighted by atomic mass is 16.5. The van der Waals surface area contributed by atoms with E-state index in [2.05, 4.69) is 13.8 Å². The third-order valence-electron chi connectivity index (χ3n) is 4.94. The topological polar surface area (TPSA) is 34.0 Å². The fourth-order valence-electron chi connectivity index (χ4n) is 3.90. The first kappa shape index (κ1) is 15.5. The quantitative estimate of drug-likeness (QED) is 0.884. The molecule has 2 fully saturated rings. The van der Waals surface area contributed by atoms with Gasteiger partial charge in [-0.1, -0.05) is 18.2 Å². The first-order valence-electron chi connectivity index (χ1n) is 8.48. The molecule has 1 amide bonds. The van der Waals surface area contributed by atoms with E-state index in [1.54, 1.807) is 4.90 Å². The molecule has 0 radical (unpaired) electrons. The lowest BCUT2D eigenvalue weighted by Gasteiger charge is -2.41. The SMILES string of the molecule is C[C@@H]1C[NH+](C2CCN(C(=O)c3ccccc3)CC2)C[C@H](C)O1. The number of amides is 1. The van der Waals surface area contributed by atoms with E-state index in [0.29, 0.717) is 18.2 Å². The number of carbonyl (C=O) groups excluding carboxylic acids is 1. The monoisotopic (exact) mass is 303 g/mol. The zero-order valence-corrected chi connectivity index (χ0v) is 13.6. The predicted octanol–water partition coefficient (Wildman–Crippen LogP) is 0.983. The van der Waals surface area contributed by atoms with Crippen LogP contribution in [0.1, 0.15) is 37.0 Å². The molecule has 2 heterocycles. The predicted molar refractivity (Wildman–Crippen MR) is 86.1 cm³/mol. The lowest BCUT2D eigenvalue weighted by molar-refractivity contribution is -0.940. The van der Waals surface area contributed by atoms with Gasteiger partial charge in [0.15, 0.2) is 0 Å². The molecule has 1 aromatic rings. The number of quaternary nitrogens is 1. The van der Waals surface area contributed by atoms with E-state index in [4.69, 9.17) is 4.74 Å². The van der Waals surface area contributed by atoms with Gasteiger partial charge in [0.1, 0.15) is 25.3 Å². The molecule has 1 N–H and O–H groups in total. The average Bonchev–Trinajstić information content (AvgIpc) is 2.54. The number of benzene rings is 1. The molecule has 22 heavy (non-hydrogen) atoms. The van der Waals surface area contributed by atoms with Crippen LogP contribution in [-0.4, -0.2) is 55.2 Å². The molecule has 0 saturated carbocycles. The minimum Gasteiger partial charge on any atom is -0.364 e. The number of carbonyl (C=O) groups is 1. The third kappa shape index (κ3) is 3.50. The Labute approximate surface area is 133 Å². The summed E-state index contributed by atoms with van der Waals surface area (Å²) in [6, 6.07) is 10.3. The molecule has 2 aliphatic rings. The van der Waals surface area contributed by atoms with Crippen LogP contribution in [-0.2, 0) is 4.74 Å². The highest BCUT2D eigenvalue weighted by Crippen LogP contribution is 2.13. The summed E-state index contributed by atoms with van der Waals surface area (Å²) in [7, 11) is 0. The Morgan fingerprint density at radius 1 is 1.09 bits per heavy atom. The van der Waals surface area contributed by atoms with Gasteiger partial charge in [0, 0.05) is 31.5 Å². The van der Waals surface area contributed by atoms with Crippen LogP contribution in [0.25, 0.3) is 0 Å². The van der Waals surface area contributed by atoms with E-state index < -0.39 is 0 Å². The number of nitrogens with zero attached hydrogens (tertiary/aromatic N) is 1. The lowest BCUT2D eigenvalue weighted by Crippen LogP contribution is -3.19. The number of piperidine rings is 1. The number of hydrogen-bond acceptors (Lipinski definition) is 2. The van der Waals surface area contributed by atoms with Crippen molar-refractivity contribution in [1.29, 1.82) is 0 Å². The van der Waals surface area contributed by atoms with Gasteiger partial charge < -0.3 is 14.5 Å². The summed E-state index contributed by atoms with van der Waals surface area (Å²) in [4.78, 5) is 16.2. The molecular formula is C18H27N2O2+. The van der Waals surface area contributed by atoms with Crippen molar-refractivity contribution < 1.29 is 14.4 Å². The van der Waals surface area contributed by atoms with Crippen molar-refractivity contribution in [2.24, 2.45) is 0 Å². The second-order valence-electron chi connectivity index (χ2n) is 6.76. The van der Waals surface area contributed by atoms with Crippen molar-refractivity contribution in [3.8, 4) is 0 Å². The number of rotatable bonds is 2. The van der Waals surface area contributed by atoms with Gasteiger partial charge in [-0.05, 0) is 26.0 Å². The van der Waals surface area contributed by atoms with Crippen molar-refractivity contribution in [3.63, 3.8) is 0 Å². The van der Waals surface area contributed by atoms with Gasteiger partial charge >= 0.3 is 0 Å². The average molecular weight is 303 g/mol. The van der Waals surface area contributed by atoms with Gasteiger partial charge in [0.2, 0.25) is 0 Å². The molecule has 2 saturated heterocycles. The summed E-state index contributed by atoms with van der Waals surface area (Å²) >= 11 is 0. The Morgan fingerprint density at radius 2 is 1.68 bits per heavy atom. The first-order valence-corrected chi connectivity index (χ1v) is 8.48. The van der Waals surface area contributed by atoms with E-state index in [-0.39, 0.29) is 5.91 Å². The maximum Gasteiger partial charge on any atom is 0.253 e. The molecule has 0 bridgehead atoms. The van der Waals surface area contributed by atoms with Gasteiger partial charge in [-0.25, -0.2) is 0 Å². The van der Waals surface area contributed by atoms with E-state index in [0.717, 1.165) is 44.6 Å². The third-order valence-corrected chi connectivity index (χ3v) is 4.94. The molecule has 2 aliphatic heterocycles. The highest BCUT2D eigenvalue weighted by molar-refractivity contribution is 5.94. The van der Waals surface area contributed by atoms with Gasteiger partial charge in [-0.3, -0.25) is 4.79 Å². The summed E-state index contributed by atoms with van der Waals surface area (Å²) in [6.45, 7) is 8.30. The molecule has 1 unspecified atom stereocenters. The molecule has 4 heteroatoms. The van der Waals surface area contributed by atoms with Gasteiger partial charge in [-0.2, -0.15) is 0 Å². The second-order valence-corrected chi connectivity index (χ2v) is 6.76. The maximum atomic E-state index is 12.5. The van der Waals surface area contributed by atoms with E-state index >= 15 is 0 Å². The van der Waals surface area contributed by atoms with Gasteiger partial charge in [0.05, 0.1) is 6.04 Å². The Hall–Kier alpha value is -1.39. The number of likely N-dealkylation sites (tertiary alicyclic amines) is 1. The zero-order chi connectivity index (χ0) is 15.5. The summed E-state index contributed by atoms with van der Waals surface area (Å²) in [5.74, 6) is 0.178. The molecule has 4 nitrogen and oxygen atoms in total. The Morgan fingerprint density at radius 3 is 2.27 bits per heavy atom. The van der Waals surface area contributed by atoms with Crippen LogP contribution < -0.4 is 4.90 Å². The Bertz CT molecular complexity index is 487. The maximum absolute atomic E-state index is 12.5. The molecule has 1 aromatic carbocycles. The summed E-state index contributed by atoms with van der Waals surface area (Å²) in [5, 5.41) is 0. The molecule has 0 spiro atoms. The molecule has 0 aromatic heterocycles. The number of hydrogen-bond donors (Lipinski definition) is 1. The molecule has 3 rings (SSSR count). The number of nitrogens with one attached hydrogen (secondary N) is 1. The van der Waals surface area contributed by atoms with E-state index in [1.807, 2.05) is 35.2 Å². The second kappa shape index (κ2) is 6.80. The minimum atomic E-state index is 0.178. The number of ether oxygens (including phenoxy) is 1. The zero-order valence-electron chi connectivity index (χ0n) is 13.6. The van der Waals surface area contributed by atoms with Crippen LogP contribution in [0.5, 0.6) is 0 Å². The van der Waals surface area contributed by atoms with Crippen molar-refractivity contribution in [2.45, 2.75) is 44.9 Å². The fraction of sp³-hybridized carbons (Fsp3) is 0.611. The van der Waals surface area contributed by atoms with Crippen molar-refractivity contribution in [3.05, 3.63) is 35.9 Å². The van der Waals surface area contributed by atoms with Crippen LogP contribution in [0.3, 0.4) is 0 Å². The lowest BCUT2D eigenvalue weighted by atomic mass is 10.0. The number of morpholine rings is 1. The van der Waals surface area contributed by atoms with Crippen LogP contribution in [0.2, 0.25) is 0 Å².